The van der Waals surface area contributed by atoms with E-state index in [2.05, 4.69) is 26.1 Å². The second-order valence-electron chi connectivity index (χ2n) is 2.96. The Hall–Kier alpha value is -1.07. The van der Waals surface area contributed by atoms with Crippen LogP contribution >= 0.6 is 27.5 Å². The molecule has 6 heteroatoms. The summed E-state index contributed by atoms with van der Waals surface area (Å²) >= 11 is 8.78. The van der Waals surface area contributed by atoms with E-state index in [0.717, 1.165) is 5.56 Å². The Bertz CT molecular complexity index is 489. The van der Waals surface area contributed by atoms with E-state index in [1.807, 2.05) is 0 Å². The Morgan fingerprint density at radius 2 is 2.13 bits per heavy atom. The summed E-state index contributed by atoms with van der Waals surface area (Å²) < 4.78 is 13.5. The van der Waals surface area contributed by atoms with Crippen LogP contribution in [0.5, 0.6) is 0 Å². The fraction of sp³-hybridized carbons (Fsp3) is 0. The first-order chi connectivity index (χ1) is 7.08. The summed E-state index contributed by atoms with van der Waals surface area (Å²) in [7, 11) is 0. The smallest absolute Gasteiger partial charge is 0.155 e. The molecule has 2 aromatic rings. The fourth-order valence-electron chi connectivity index (χ4n) is 1.20. The molecule has 1 heterocycles. The molecule has 0 spiro atoms. The number of nitrogens with two attached hydrogens (primary N) is 1. The van der Waals surface area contributed by atoms with Gasteiger partial charge >= 0.3 is 0 Å². The molecule has 0 amide bonds. The molecular formula is C9H6BrClFN3. The number of hydrogen-bond donors (Lipinski definition) is 2. The molecule has 1 aromatic heterocycles. The van der Waals surface area contributed by atoms with Crippen LogP contribution in [0.15, 0.2) is 22.7 Å². The maximum Gasteiger partial charge on any atom is 0.155 e. The van der Waals surface area contributed by atoms with Crippen LogP contribution in [0.3, 0.4) is 0 Å². The molecular weight excluding hydrogens is 284 g/mol. The zero-order chi connectivity index (χ0) is 11.0. The second-order valence-corrected chi connectivity index (χ2v) is 4.22. The van der Waals surface area contributed by atoms with Gasteiger partial charge in [-0.1, -0.05) is 11.6 Å². The van der Waals surface area contributed by atoms with Crippen LogP contribution in [-0.4, -0.2) is 10.2 Å². The molecule has 0 saturated carbocycles. The van der Waals surface area contributed by atoms with Crippen LogP contribution in [-0.2, 0) is 0 Å². The number of nitrogens with zero attached hydrogens (tertiary/aromatic N) is 1. The first-order valence-electron chi connectivity index (χ1n) is 4.03. The minimum atomic E-state index is -0.479. The topological polar surface area (TPSA) is 54.7 Å². The van der Waals surface area contributed by atoms with Gasteiger partial charge in [0.1, 0.15) is 5.82 Å². The van der Waals surface area contributed by atoms with Gasteiger partial charge in [0, 0.05) is 11.6 Å². The predicted molar refractivity (Wildman–Crippen MR) is 61.1 cm³/mol. The third kappa shape index (κ3) is 1.98. The number of halogens is 3. The number of aromatic amines is 1. The number of aromatic nitrogens is 2. The van der Waals surface area contributed by atoms with Crippen molar-refractivity contribution in [1.29, 1.82) is 0 Å². The van der Waals surface area contributed by atoms with Crippen molar-refractivity contribution in [3.05, 3.63) is 33.5 Å². The van der Waals surface area contributed by atoms with E-state index >= 15 is 0 Å². The van der Waals surface area contributed by atoms with Crippen molar-refractivity contribution in [2.45, 2.75) is 0 Å². The molecule has 0 atom stereocenters. The summed E-state index contributed by atoms with van der Waals surface area (Å²) in [6.45, 7) is 0. The summed E-state index contributed by atoms with van der Waals surface area (Å²) in [4.78, 5) is 0. The SMILES string of the molecule is Nc1cc(-c2cc(Cl)c(F)c(Br)c2)[nH]n1. The molecule has 1 aromatic carbocycles. The molecule has 3 N–H and O–H groups in total. The monoisotopic (exact) mass is 289 g/mol. The zero-order valence-electron chi connectivity index (χ0n) is 7.39. The minimum absolute atomic E-state index is 0.0487. The van der Waals surface area contributed by atoms with Crippen molar-refractivity contribution in [2.24, 2.45) is 0 Å². The lowest BCUT2D eigenvalue weighted by Crippen LogP contribution is -1.84. The molecule has 0 radical (unpaired) electrons. The summed E-state index contributed by atoms with van der Waals surface area (Å²) in [6.07, 6.45) is 0. The lowest BCUT2D eigenvalue weighted by Gasteiger charge is -2.02. The molecule has 0 unspecified atom stereocenters. The van der Waals surface area contributed by atoms with Crippen LogP contribution in [0, 0.1) is 5.82 Å². The molecule has 0 saturated heterocycles. The van der Waals surface area contributed by atoms with E-state index in [9.17, 15) is 4.39 Å². The van der Waals surface area contributed by atoms with Crippen molar-refractivity contribution >= 4 is 33.3 Å². The van der Waals surface area contributed by atoms with Crippen molar-refractivity contribution in [1.82, 2.24) is 10.2 Å². The average Bonchev–Trinajstić information content (AvgIpc) is 2.60. The first-order valence-corrected chi connectivity index (χ1v) is 5.21. The third-order valence-electron chi connectivity index (χ3n) is 1.89. The summed E-state index contributed by atoms with van der Waals surface area (Å²) in [6, 6.07) is 4.76. The molecule has 78 valence electrons. The van der Waals surface area contributed by atoms with Gasteiger partial charge in [0.15, 0.2) is 5.82 Å². The summed E-state index contributed by atoms with van der Waals surface area (Å²) in [5, 5.41) is 6.54. The maximum absolute atomic E-state index is 13.2. The molecule has 0 aliphatic carbocycles. The van der Waals surface area contributed by atoms with E-state index in [4.69, 9.17) is 17.3 Å². The maximum atomic E-state index is 13.2. The highest BCUT2D eigenvalue weighted by Gasteiger charge is 2.09. The molecule has 15 heavy (non-hydrogen) atoms. The lowest BCUT2D eigenvalue weighted by molar-refractivity contribution is 0.622. The van der Waals surface area contributed by atoms with Crippen molar-refractivity contribution < 1.29 is 4.39 Å². The highest BCUT2D eigenvalue weighted by atomic mass is 79.9. The normalized spacial score (nSPS) is 10.6. The van der Waals surface area contributed by atoms with Gasteiger partial charge in [-0.15, -0.1) is 0 Å². The molecule has 3 nitrogen and oxygen atoms in total. The van der Waals surface area contributed by atoms with Crippen molar-refractivity contribution in [3.8, 4) is 11.3 Å². The van der Waals surface area contributed by atoms with Gasteiger partial charge in [-0.3, -0.25) is 5.10 Å². The van der Waals surface area contributed by atoms with E-state index < -0.39 is 5.82 Å². The number of rotatable bonds is 1. The van der Waals surface area contributed by atoms with Crippen LogP contribution in [0.2, 0.25) is 5.02 Å². The largest absolute Gasteiger partial charge is 0.382 e. The average molecular weight is 291 g/mol. The Morgan fingerprint density at radius 1 is 1.40 bits per heavy atom. The number of nitrogens with one attached hydrogen (secondary N) is 1. The Kier molecular flexibility index (Phi) is 2.67. The van der Waals surface area contributed by atoms with Crippen LogP contribution in [0.25, 0.3) is 11.3 Å². The van der Waals surface area contributed by atoms with Gasteiger partial charge in [0.2, 0.25) is 0 Å². The van der Waals surface area contributed by atoms with Gasteiger partial charge in [-0.05, 0) is 28.1 Å². The van der Waals surface area contributed by atoms with Gasteiger partial charge in [-0.2, -0.15) is 5.10 Å². The first kappa shape index (κ1) is 10.4. The predicted octanol–water partition coefficient (Wildman–Crippen LogP) is 3.21. The summed E-state index contributed by atoms with van der Waals surface area (Å²) in [5.41, 5.74) is 6.87. The number of hydrogen-bond acceptors (Lipinski definition) is 2. The number of H-pyrrole nitrogens is 1. The van der Waals surface area contributed by atoms with Crippen LogP contribution in [0.4, 0.5) is 10.2 Å². The molecule has 0 bridgehead atoms. The number of anilines is 1. The standard InChI is InChI=1S/C9H6BrClFN3/c10-5-1-4(2-6(11)9(5)12)7-3-8(13)15-14-7/h1-3H,(H3,13,14,15). The molecule has 0 aliphatic heterocycles. The summed E-state index contributed by atoms with van der Waals surface area (Å²) in [5.74, 6) is -0.102. The fourth-order valence-corrected chi connectivity index (χ4v) is 1.99. The second kappa shape index (κ2) is 3.83. The highest BCUT2D eigenvalue weighted by molar-refractivity contribution is 9.10. The Balaban J connectivity index is 2.55. The molecule has 0 fully saturated rings. The van der Waals surface area contributed by atoms with Gasteiger partial charge in [0.25, 0.3) is 0 Å². The quantitative estimate of drug-likeness (QED) is 0.792. The van der Waals surface area contributed by atoms with Gasteiger partial charge < -0.3 is 5.73 Å². The zero-order valence-corrected chi connectivity index (χ0v) is 9.73. The van der Waals surface area contributed by atoms with E-state index in [-0.39, 0.29) is 5.02 Å². The number of nitrogen functional groups attached to an aromatic ring is 1. The minimum Gasteiger partial charge on any atom is -0.382 e. The van der Waals surface area contributed by atoms with Crippen LogP contribution in [0.1, 0.15) is 0 Å². The third-order valence-corrected chi connectivity index (χ3v) is 2.74. The van der Waals surface area contributed by atoms with E-state index in [1.165, 1.54) is 6.07 Å². The van der Waals surface area contributed by atoms with E-state index in [0.29, 0.717) is 16.0 Å². The van der Waals surface area contributed by atoms with Crippen molar-refractivity contribution in [3.63, 3.8) is 0 Å². The lowest BCUT2D eigenvalue weighted by atomic mass is 10.1. The Labute approximate surface area is 98.6 Å². The van der Waals surface area contributed by atoms with Crippen molar-refractivity contribution in [2.75, 3.05) is 5.73 Å². The number of benzene rings is 1. The highest BCUT2D eigenvalue weighted by Crippen LogP contribution is 2.30. The molecule has 2 rings (SSSR count). The van der Waals surface area contributed by atoms with Gasteiger partial charge in [-0.25, -0.2) is 4.39 Å². The Morgan fingerprint density at radius 3 is 2.67 bits per heavy atom. The molecule has 0 aliphatic rings. The van der Waals surface area contributed by atoms with E-state index in [1.54, 1.807) is 12.1 Å². The van der Waals surface area contributed by atoms with Gasteiger partial charge in [0.05, 0.1) is 15.2 Å². The van der Waals surface area contributed by atoms with Crippen LogP contribution < -0.4 is 5.73 Å².